The molecule has 10 atom stereocenters. The largest absolute Gasteiger partial charge is 0.472 e. The summed E-state index contributed by atoms with van der Waals surface area (Å²) in [5.74, 6) is -1.32. The number of hydrogen-bond donors (Lipinski definition) is 7. The van der Waals surface area contributed by atoms with Gasteiger partial charge in [-0.3, -0.25) is 23.2 Å². The minimum Gasteiger partial charge on any atom is -0.462 e. The molecule has 0 radical (unpaired) electrons. The van der Waals surface area contributed by atoms with Crippen molar-refractivity contribution >= 4 is 27.6 Å². The molecule has 7 unspecified atom stereocenters. The molecule has 70 heavy (non-hydrogen) atoms. The Balaban J connectivity index is 1.80. The third-order valence-corrected chi connectivity index (χ3v) is 12.9. The molecule has 0 aromatic rings. The first kappa shape index (κ1) is 63.3. The summed E-state index contributed by atoms with van der Waals surface area (Å²) < 4.78 is 55.0. The summed E-state index contributed by atoms with van der Waals surface area (Å²) >= 11 is 0. The summed E-state index contributed by atoms with van der Waals surface area (Å²) in [5.41, 5.74) is 0. The summed E-state index contributed by atoms with van der Waals surface area (Å²) in [6.07, 6.45) is 34.4. The summed E-state index contributed by atoms with van der Waals surface area (Å²) in [6.45, 7) is 2.90. The Hall–Kier alpha value is -2.86. The molecule has 1 aliphatic heterocycles. The molecule has 1 saturated carbocycles. The summed E-state index contributed by atoms with van der Waals surface area (Å²) in [5, 5.41) is 41.3. The Bertz CT molecular complexity index is 1740. The third kappa shape index (κ3) is 30.9. The zero-order chi connectivity index (χ0) is 51.5. The van der Waals surface area contributed by atoms with Crippen molar-refractivity contribution in [3.63, 3.8) is 0 Å². The van der Waals surface area contributed by atoms with E-state index in [9.17, 15) is 53.8 Å². The maximum atomic E-state index is 13.0. The summed E-state index contributed by atoms with van der Waals surface area (Å²) in [7, 11) is -10.7. The molecule has 0 aromatic carbocycles. The average Bonchev–Trinajstić information content (AvgIpc) is 4.07. The Kier molecular flexibility index (Phi) is 34.2. The molecule has 1 saturated heterocycles. The Labute approximate surface area is 416 Å². The fraction of sp³-hybridized carbons (Fsp3) is 0.686. The number of phosphoric ester groups is 2. The van der Waals surface area contributed by atoms with Crippen molar-refractivity contribution in [1.29, 1.82) is 0 Å². The van der Waals surface area contributed by atoms with Crippen LogP contribution in [0.3, 0.4) is 0 Å². The highest BCUT2D eigenvalue weighted by Gasteiger charge is 2.54. The average molecular weight is 1030 g/mol. The van der Waals surface area contributed by atoms with Gasteiger partial charge in [0, 0.05) is 12.8 Å². The minimum atomic E-state index is -5.38. The first-order valence-corrected chi connectivity index (χ1v) is 28.3. The van der Waals surface area contributed by atoms with E-state index < -0.39 is 83.5 Å². The van der Waals surface area contributed by atoms with Crippen LogP contribution < -0.4 is 0 Å². The lowest BCUT2D eigenvalue weighted by Gasteiger charge is -2.43. The van der Waals surface area contributed by atoms with Crippen molar-refractivity contribution in [3.8, 4) is 0 Å². The van der Waals surface area contributed by atoms with E-state index in [-0.39, 0.29) is 12.8 Å². The van der Waals surface area contributed by atoms with Gasteiger partial charge in [-0.2, -0.15) is 0 Å². The van der Waals surface area contributed by atoms with Gasteiger partial charge in [-0.05, 0) is 83.5 Å². The number of hydrogen-bond acceptors (Lipinski definition) is 14. The van der Waals surface area contributed by atoms with E-state index in [0.29, 0.717) is 31.5 Å². The van der Waals surface area contributed by atoms with Crippen LogP contribution in [0, 0.1) is 0 Å². The van der Waals surface area contributed by atoms with Crippen molar-refractivity contribution in [2.24, 2.45) is 0 Å². The van der Waals surface area contributed by atoms with Crippen LogP contribution in [0.5, 0.6) is 0 Å². The van der Waals surface area contributed by atoms with Gasteiger partial charge < -0.3 is 49.3 Å². The van der Waals surface area contributed by atoms with Gasteiger partial charge in [-0.25, -0.2) is 9.13 Å². The standard InChI is InChI=1S/C51H84O17P2/c1-3-5-7-8-9-10-11-12-13-14-15-16-20-23-26-29-33-37-44(52)63-39-41(40-64-70(61,62)68-51-48(56)46(54)47(55)50(49(51)57)67-69(58,59)60)65-45(53)38-34-30-27-24-21-18-17-19-22-25-28-32-36-43-42(66-43)35-31-6-4-2/h6,9-10,12-13,18-19,21-22,27-28,30-32,41-43,46-51,54-57H,3-5,7-8,11,14-17,20,23-26,29,33-40H2,1-2H3,(H,61,62)(H2,58,59,60)/b10-9-,13-12-,21-18-,22-19-,30-27-,31-6-,32-28-/t41-,42?,43?,46?,47?,48?,49?,50-,51+/m1/s1. The van der Waals surface area contributed by atoms with Crippen LogP contribution in [0.1, 0.15) is 155 Å². The second-order valence-electron chi connectivity index (χ2n) is 17.5. The maximum Gasteiger partial charge on any atom is 0.472 e. The monoisotopic (exact) mass is 1030 g/mol. The lowest BCUT2D eigenvalue weighted by atomic mass is 9.85. The number of unbranched alkanes of at least 4 members (excludes halogenated alkanes) is 10. The Morgan fingerprint density at radius 1 is 0.529 bits per heavy atom. The minimum absolute atomic E-state index is 0.0893. The van der Waals surface area contributed by atoms with Crippen LogP contribution in [-0.2, 0) is 46.5 Å². The van der Waals surface area contributed by atoms with Gasteiger partial charge >= 0.3 is 27.6 Å². The van der Waals surface area contributed by atoms with E-state index in [1.165, 1.54) is 19.3 Å². The predicted octanol–water partition coefficient (Wildman–Crippen LogP) is 9.16. The summed E-state index contributed by atoms with van der Waals surface area (Å²) in [6, 6.07) is 0. The van der Waals surface area contributed by atoms with E-state index >= 15 is 0 Å². The van der Waals surface area contributed by atoms with Gasteiger partial charge in [0.2, 0.25) is 0 Å². The van der Waals surface area contributed by atoms with Gasteiger partial charge in [-0.1, -0.05) is 144 Å². The Morgan fingerprint density at radius 3 is 1.57 bits per heavy atom. The first-order chi connectivity index (χ1) is 33.6. The number of phosphoric acid groups is 2. The smallest absolute Gasteiger partial charge is 0.462 e. The SMILES string of the molecule is CC/C=C\CC1OC1C/C=C\C/C=C\C/C=C\C/C=C\CCC(=O)O[C@H](COC(=O)CCCCCCCCC/C=C\C/C=C\CCCCC)COP(=O)(O)O[C@H]1C(O)C(O)C(O)[C@@H](OP(=O)(O)O)C1O. The molecule has 0 spiro atoms. The molecule has 0 aromatic heterocycles. The van der Waals surface area contributed by atoms with E-state index in [0.717, 1.165) is 89.9 Å². The molecule has 0 amide bonds. The van der Waals surface area contributed by atoms with Gasteiger partial charge in [0.25, 0.3) is 0 Å². The van der Waals surface area contributed by atoms with E-state index in [1.807, 2.05) is 18.2 Å². The summed E-state index contributed by atoms with van der Waals surface area (Å²) in [4.78, 5) is 54.4. The molecular weight excluding hydrogens is 946 g/mol. The number of epoxide rings is 1. The molecule has 19 heteroatoms. The second kappa shape index (κ2) is 37.8. The zero-order valence-corrected chi connectivity index (χ0v) is 43.1. The molecule has 2 aliphatic rings. The number of aliphatic hydroxyl groups is 4. The van der Waals surface area contributed by atoms with Gasteiger partial charge in [0.05, 0.1) is 18.8 Å². The molecule has 2 fully saturated rings. The maximum absolute atomic E-state index is 13.0. The Morgan fingerprint density at radius 2 is 1.01 bits per heavy atom. The van der Waals surface area contributed by atoms with Crippen LogP contribution in [0.4, 0.5) is 0 Å². The van der Waals surface area contributed by atoms with Crippen LogP contribution in [-0.4, -0.2) is 115 Å². The number of aliphatic hydroxyl groups excluding tert-OH is 4. The van der Waals surface area contributed by atoms with Crippen molar-refractivity contribution in [3.05, 3.63) is 85.1 Å². The number of carbonyl (C=O) groups excluding carboxylic acids is 2. The van der Waals surface area contributed by atoms with E-state index in [1.54, 1.807) is 6.08 Å². The van der Waals surface area contributed by atoms with Crippen molar-refractivity contribution in [1.82, 2.24) is 0 Å². The molecule has 1 heterocycles. The third-order valence-electron chi connectivity index (χ3n) is 11.4. The normalized spacial score (nSPS) is 24.6. The van der Waals surface area contributed by atoms with Crippen molar-refractivity contribution < 1.29 is 81.6 Å². The number of allylic oxidation sites excluding steroid dienone is 12. The zero-order valence-electron chi connectivity index (χ0n) is 41.4. The van der Waals surface area contributed by atoms with E-state index in [4.69, 9.17) is 23.3 Å². The van der Waals surface area contributed by atoms with Gasteiger partial charge in [-0.15, -0.1) is 0 Å². The lowest BCUT2D eigenvalue weighted by molar-refractivity contribution is -0.216. The fourth-order valence-electron chi connectivity index (χ4n) is 7.36. The van der Waals surface area contributed by atoms with Crippen LogP contribution in [0.2, 0.25) is 0 Å². The molecule has 17 nitrogen and oxygen atoms in total. The second-order valence-corrected chi connectivity index (χ2v) is 20.1. The van der Waals surface area contributed by atoms with Crippen molar-refractivity contribution in [2.45, 2.75) is 210 Å². The number of rotatable bonds is 40. The molecule has 0 bridgehead atoms. The molecule has 400 valence electrons. The molecule has 2 rings (SSSR count). The van der Waals surface area contributed by atoms with Crippen LogP contribution >= 0.6 is 15.6 Å². The number of carbonyl (C=O) groups is 2. The van der Waals surface area contributed by atoms with Crippen LogP contribution in [0.25, 0.3) is 0 Å². The quantitative estimate of drug-likeness (QED) is 0.00991. The van der Waals surface area contributed by atoms with Crippen molar-refractivity contribution in [2.75, 3.05) is 13.2 Å². The number of esters is 2. The van der Waals surface area contributed by atoms with Gasteiger partial charge in [0.15, 0.2) is 6.10 Å². The first-order valence-electron chi connectivity index (χ1n) is 25.3. The predicted molar refractivity (Wildman–Crippen MR) is 268 cm³/mol. The number of ether oxygens (including phenoxy) is 3. The topological polar surface area (TPSA) is 269 Å². The van der Waals surface area contributed by atoms with Gasteiger partial charge in [0.1, 0.15) is 43.2 Å². The highest BCUT2D eigenvalue weighted by Crippen LogP contribution is 2.49. The fourth-order valence-corrected chi connectivity index (χ4v) is 8.90. The lowest BCUT2D eigenvalue weighted by Crippen LogP contribution is -2.64. The highest BCUT2D eigenvalue weighted by atomic mass is 31.2. The van der Waals surface area contributed by atoms with Crippen LogP contribution in [0.15, 0.2) is 85.1 Å². The highest BCUT2D eigenvalue weighted by molar-refractivity contribution is 7.47. The van der Waals surface area contributed by atoms with E-state index in [2.05, 4.69) is 79.1 Å². The molecule has 1 aliphatic carbocycles. The molecular formula is C51H84O17P2. The molecule has 7 N–H and O–H groups in total.